The van der Waals surface area contributed by atoms with Crippen molar-refractivity contribution in [3.05, 3.63) is 24.3 Å². The van der Waals surface area contributed by atoms with Crippen molar-refractivity contribution >= 4 is 0 Å². The number of nitrogens with zero attached hydrogens (tertiary/aromatic N) is 2. The van der Waals surface area contributed by atoms with Crippen molar-refractivity contribution in [2.75, 3.05) is 13.2 Å². The highest BCUT2D eigenvalue weighted by molar-refractivity contribution is 5.05. The standard InChI is InChI=1S/C10H16N2O2/c1-2-14-5-3-4-10(13)9-6-11-8-12-7-9/h6-8,10,13H,2-5H2,1H3. The van der Waals surface area contributed by atoms with E-state index in [0.29, 0.717) is 13.0 Å². The van der Waals surface area contributed by atoms with E-state index in [4.69, 9.17) is 4.74 Å². The SMILES string of the molecule is CCOCCCC(O)c1cncnc1. The molecule has 0 spiro atoms. The zero-order valence-electron chi connectivity index (χ0n) is 8.39. The average Bonchev–Trinajstić information content (AvgIpc) is 2.25. The summed E-state index contributed by atoms with van der Waals surface area (Å²) >= 11 is 0. The lowest BCUT2D eigenvalue weighted by Gasteiger charge is -2.09. The van der Waals surface area contributed by atoms with Crippen LogP contribution in [0, 0.1) is 0 Å². The molecule has 0 amide bonds. The molecular weight excluding hydrogens is 180 g/mol. The highest BCUT2D eigenvalue weighted by atomic mass is 16.5. The van der Waals surface area contributed by atoms with E-state index >= 15 is 0 Å². The molecule has 1 heterocycles. The van der Waals surface area contributed by atoms with Crippen LogP contribution in [0.3, 0.4) is 0 Å². The summed E-state index contributed by atoms with van der Waals surface area (Å²) in [5, 5.41) is 9.68. The van der Waals surface area contributed by atoms with E-state index in [9.17, 15) is 5.11 Å². The second-order valence-electron chi connectivity index (χ2n) is 3.03. The first kappa shape index (κ1) is 11.1. The number of aliphatic hydroxyl groups excluding tert-OH is 1. The largest absolute Gasteiger partial charge is 0.388 e. The van der Waals surface area contributed by atoms with Gasteiger partial charge in [0.2, 0.25) is 0 Å². The molecule has 1 aromatic rings. The van der Waals surface area contributed by atoms with Crippen molar-refractivity contribution in [1.82, 2.24) is 9.97 Å². The molecule has 4 heteroatoms. The Bertz CT molecular complexity index is 241. The number of aromatic nitrogens is 2. The van der Waals surface area contributed by atoms with Gasteiger partial charge in [-0.3, -0.25) is 0 Å². The van der Waals surface area contributed by atoms with Crippen LogP contribution in [0.5, 0.6) is 0 Å². The molecular formula is C10H16N2O2. The molecule has 0 saturated carbocycles. The van der Waals surface area contributed by atoms with Crippen LogP contribution in [-0.2, 0) is 4.74 Å². The molecule has 0 radical (unpaired) electrons. The van der Waals surface area contributed by atoms with Gasteiger partial charge in [-0.15, -0.1) is 0 Å². The van der Waals surface area contributed by atoms with Crippen LogP contribution < -0.4 is 0 Å². The van der Waals surface area contributed by atoms with E-state index in [1.807, 2.05) is 6.92 Å². The molecule has 0 aliphatic heterocycles. The van der Waals surface area contributed by atoms with Gasteiger partial charge in [-0.1, -0.05) is 0 Å². The molecule has 1 atom stereocenters. The van der Waals surface area contributed by atoms with Crippen LogP contribution in [0.2, 0.25) is 0 Å². The first-order chi connectivity index (χ1) is 6.84. The highest BCUT2D eigenvalue weighted by Crippen LogP contribution is 2.15. The first-order valence-corrected chi connectivity index (χ1v) is 4.85. The van der Waals surface area contributed by atoms with E-state index in [1.54, 1.807) is 12.4 Å². The molecule has 4 nitrogen and oxygen atoms in total. The van der Waals surface area contributed by atoms with Crippen molar-refractivity contribution in [2.24, 2.45) is 0 Å². The summed E-state index contributed by atoms with van der Waals surface area (Å²) in [5.74, 6) is 0. The second kappa shape index (κ2) is 6.45. The molecule has 0 saturated heterocycles. The number of ether oxygens (including phenoxy) is 1. The Morgan fingerprint density at radius 3 is 2.79 bits per heavy atom. The van der Waals surface area contributed by atoms with Gasteiger partial charge in [-0.2, -0.15) is 0 Å². The van der Waals surface area contributed by atoms with Gasteiger partial charge in [-0.25, -0.2) is 9.97 Å². The fraction of sp³-hybridized carbons (Fsp3) is 0.600. The molecule has 0 aliphatic rings. The predicted molar refractivity (Wildman–Crippen MR) is 52.7 cm³/mol. The van der Waals surface area contributed by atoms with E-state index in [0.717, 1.165) is 18.6 Å². The Morgan fingerprint density at radius 1 is 1.43 bits per heavy atom. The van der Waals surface area contributed by atoms with E-state index in [1.165, 1.54) is 6.33 Å². The van der Waals surface area contributed by atoms with Crippen LogP contribution in [0.4, 0.5) is 0 Å². The molecule has 1 aromatic heterocycles. The monoisotopic (exact) mass is 196 g/mol. The van der Waals surface area contributed by atoms with Gasteiger partial charge in [0.1, 0.15) is 6.33 Å². The maximum Gasteiger partial charge on any atom is 0.115 e. The summed E-state index contributed by atoms with van der Waals surface area (Å²) in [5.41, 5.74) is 0.768. The summed E-state index contributed by atoms with van der Waals surface area (Å²) in [4.78, 5) is 7.70. The van der Waals surface area contributed by atoms with E-state index in [-0.39, 0.29) is 0 Å². The molecule has 0 fully saturated rings. The molecule has 1 N–H and O–H groups in total. The number of aliphatic hydroxyl groups is 1. The third kappa shape index (κ3) is 3.81. The molecule has 1 rings (SSSR count). The van der Waals surface area contributed by atoms with Gasteiger partial charge in [0.25, 0.3) is 0 Å². The lowest BCUT2D eigenvalue weighted by Crippen LogP contribution is -2.01. The number of rotatable bonds is 6. The van der Waals surface area contributed by atoms with Gasteiger partial charge < -0.3 is 9.84 Å². The Morgan fingerprint density at radius 2 is 2.14 bits per heavy atom. The third-order valence-electron chi connectivity index (χ3n) is 1.94. The van der Waals surface area contributed by atoms with Crippen molar-refractivity contribution in [3.63, 3.8) is 0 Å². The molecule has 78 valence electrons. The molecule has 0 aliphatic carbocycles. The quantitative estimate of drug-likeness (QED) is 0.697. The maximum atomic E-state index is 9.68. The number of hydrogen-bond donors (Lipinski definition) is 1. The fourth-order valence-electron chi connectivity index (χ4n) is 1.17. The van der Waals surface area contributed by atoms with Crippen molar-refractivity contribution in [1.29, 1.82) is 0 Å². The van der Waals surface area contributed by atoms with Gasteiger partial charge in [0.05, 0.1) is 6.10 Å². The molecule has 0 aromatic carbocycles. The van der Waals surface area contributed by atoms with Gasteiger partial charge in [0, 0.05) is 31.2 Å². The minimum absolute atomic E-state index is 0.475. The van der Waals surface area contributed by atoms with Crippen LogP contribution in [0.1, 0.15) is 31.4 Å². The van der Waals surface area contributed by atoms with Gasteiger partial charge in [0.15, 0.2) is 0 Å². The fourth-order valence-corrected chi connectivity index (χ4v) is 1.17. The minimum Gasteiger partial charge on any atom is -0.388 e. The van der Waals surface area contributed by atoms with Crippen molar-refractivity contribution < 1.29 is 9.84 Å². The molecule has 0 bridgehead atoms. The normalized spacial score (nSPS) is 12.7. The summed E-state index contributed by atoms with van der Waals surface area (Å²) in [6.45, 7) is 3.38. The van der Waals surface area contributed by atoms with Crippen LogP contribution in [0.15, 0.2) is 18.7 Å². The van der Waals surface area contributed by atoms with Gasteiger partial charge in [-0.05, 0) is 19.8 Å². The zero-order chi connectivity index (χ0) is 10.2. The summed E-state index contributed by atoms with van der Waals surface area (Å²) in [6.07, 6.45) is 5.79. The van der Waals surface area contributed by atoms with Crippen LogP contribution >= 0.6 is 0 Å². The van der Waals surface area contributed by atoms with Crippen molar-refractivity contribution in [3.8, 4) is 0 Å². The minimum atomic E-state index is -0.475. The highest BCUT2D eigenvalue weighted by Gasteiger charge is 2.06. The summed E-state index contributed by atoms with van der Waals surface area (Å²) in [7, 11) is 0. The Hall–Kier alpha value is -1.00. The lowest BCUT2D eigenvalue weighted by atomic mass is 10.1. The van der Waals surface area contributed by atoms with Crippen LogP contribution in [-0.4, -0.2) is 28.3 Å². The lowest BCUT2D eigenvalue weighted by molar-refractivity contribution is 0.114. The zero-order valence-corrected chi connectivity index (χ0v) is 8.39. The maximum absolute atomic E-state index is 9.68. The molecule has 14 heavy (non-hydrogen) atoms. The average molecular weight is 196 g/mol. The Labute approximate surface area is 84.0 Å². The predicted octanol–water partition coefficient (Wildman–Crippen LogP) is 1.33. The summed E-state index contributed by atoms with van der Waals surface area (Å²) < 4.78 is 5.18. The summed E-state index contributed by atoms with van der Waals surface area (Å²) in [6, 6.07) is 0. The Kier molecular flexibility index (Phi) is 5.11. The topological polar surface area (TPSA) is 55.2 Å². The van der Waals surface area contributed by atoms with Crippen molar-refractivity contribution in [2.45, 2.75) is 25.9 Å². The van der Waals surface area contributed by atoms with Gasteiger partial charge >= 0.3 is 0 Å². The van der Waals surface area contributed by atoms with E-state index in [2.05, 4.69) is 9.97 Å². The molecule has 1 unspecified atom stereocenters. The Balaban J connectivity index is 2.25. The third-order valence-corrected chi connectivity index (χ3v) is 1.94. The smallest absolute Gasteiger partial charge is 0.115 e. The number of hydrogen-bond acceptors (Lipinski definition) is 4. The first-order valence-electron chi connectivity index (χ1n) is 4.85. The van der Waals surface area contributed by atoms with Crippen LogP contribution in [0.25, 0.3) is 0 Å². The van der Waals surface area contributed by atoms with E-state index < -0.39 is 6.10 Å². The second-order valence-corrected chi connectivity index (χ2v) is 3.03.